The number of methoxy groups -OCH3 is 2. The van der Waals surface area contributed by atoms with Crippen molar-refractivity contribution in [1.29, 1.82) is 0 Å². The third-order valence-electron chi connectivity index (χ3n) is 4.32. The molecule has 0 aromatic heterocycles. The van der Waals surface area contributed by atoms with Crippen molar-refractivity contribution < 1.29 is 24.3 Å². The number of quaternary nitrogens is 1. The largest absolute Gasteiger partial charge is 0.497 e. The molecule has 1 aliphatic rings. The zero-order valence-electron chi connectivity index (χ0n) is 14.3. The molecule has 5 nitrogen and oxygen atoms in total. The highest BCUT2D eigenvalue weighted by molar-refractivity contribution is 5.41. The van der Waals surface area contributed by atoms with E-state index in [1.165, 1.54) is 0 Å². The number of nitrogens with two attached hydrogens (primary N) is 1. The Morgan fingerprint density at radius 2 is 1.92 bits per heavy atom. The van der Waals surface area contributed by atoms with Crippen LogP contribution in [0.5, 0.6) is 23.0 Å². The molecule has 0 spiro atoms. The van der Waals surface area contributed by atoms with E-state index in [0.29, 0.717) is 6.61 Å². The Hall–Kier alpha value is -2.40. The van der Waals surface area contributed by atoms with Gasteiger partial charge in [0.1, 0.15) is 30.7 Å². The van der Waals surface area contributed by atoms with Crippen molar-refractivity contribution in [3.05, 3.63) is 48.0 Å². The summed E-state index contributed by atoms with van der Waals surface area (Å²) in [6.07, 6.45) is 0.0177. The molecule has 0 saturated carbocycles. The lowest BCUT2D eigenvalue weighted by molar-refractivity contribution is -0.707. The van der Waals surface area contributed by atoms with Gasteiger partial charge in [0.15, 0.2) is 17.6 Å². The van der Waals surface area contributed by atoms with Crippen molar-refractivity contribution in [1.82, 2.24) is 0 Å². The van der Waals surface area contributed by atoms with Crippen LogP contribution in [-0.2, 0) is 6.54 Å². The summed E-state index contributed by atoms with van der Waals surface area (Å²) in [5.74, 6) is 3.27. The van der Waals surface area contributed by atoms with Crippen molar-refractivity contribution in [3.63, 3.8) is 0 Å². The molecule has 0 radical (unpaired) electrons. The number of benzene rings is 2. The zero-order valence-corrected chi connectivity index (χ0v) is 14.3. The molecule has 1 aliphatic heterocycles. The van der Waals surface area contributed by atoms with Crippen molar-refractivity contribution in [3.8, 4) is 23.0 Å². The van der Waals surface area contributed by atoms with Gasteiger partial charge in [-0.1, -0.05) is 12.1 Å². The molecule has 3 rings (SSSR count). The molecular formula is C19H24NO4+. The first-order valence-corrected chi connectivity index (χ1v) is 8.14. The van der Waals surface area contributed by atoms with Crippen LogP contribution in [-0.4, -0.2) is 33.0 Å². The van der Waals surface area contributed by atoms with E-state index in [1.54, 1.807) is 14.2 Å². The van der Waals surface area contributed by atoms with Crippen LogP contribution in [0.25, 0.3) is 0 Å². The normalized spacial score (nSPS) is 17.2. The quantitative estimate of drug-likeness (QED) is 0.880. The van der Waals surface area contributed by atoms with Crippen molar-refractivity contribution >= 4 is 0 Å². The maximum atomic E-state index is 6.07. The topological polar surface area (TPSA) is 53.5 Å². The summed E-state index contributed by atoms with van der Waals surface area (Å²) in [6.45, 7) is 3.52. The maximum absolute atomic E-state index is 6.07. The van der Waals surface area contributed by atoms with Gasteiger partial charge in [0.25, 0.3) is 0 Å². The molecule has 5 heteroatoms. The van der Waals surface area contributed by atoms with Crippen LogP contribution in [0.4, 0.5) is 0 Å². The Bertz CT molecular complexity index is 689. The van der Waals surface area contributed by atoms with E-state index in [1.807, 2.05) is 42.5 Å². The lowest BCUT2D eigenvalue weighted by atomic mass is 10.1. The minimum absolute atomic E-state index is 0.0177. The average molecular weight is 330 g/mol. The maximum Gasteiger partial charge on any atom is 0.184 e. The van der Waals surface area contributed by atoms with Crippen molar-refractivity contribution in [2.24, 2.45) is 0 Å². The monoisotopic (exact) mass is 330 g/mol. The summed E-state index contributed by atoms with van der Waals surface area (Å²) < 4.78 is 22.6. The van der Waals surface area contributed by atoms with Crippen LogP contribution in [0.2, 0.25) is 0 Å². The lowest BCUT2D eigenvalue weighted by Gasteiger charge is -2.29. The number of ether oxygens (including phenoxy) is 4. The number of fused-ring (bicyclic) bond motifs is 1. The van der Waals surface area contributed by atoms with E-state index >= 15 is 0 Å². The van der Waals surface area contributed by atoms with E-state index < -0.39 is 0 Å². The minimum Gasteiger partial charge on any atom is -0.497 e. The second-order valence-corrected chi connectivity index (χ2v) is 5.89. The number of rotatable bonds is 6. The van der Waals surface area contributed by atoms with Crippen molar-refractivity contribution in [2.45, 2.75) is 25.6 Å². The predicted molar refractivity (Wildman–Crippen MR) is 91.0 cm³/mol. The highest BCUT2D eigenvalue weighted by Gasteiger charge is 2.28. The Balaban J connectivity index is 1.61. The van der Waals surface area contributed by atoms with Crippen LogP contribution < -0.4 is 24.3 Å². The molecule has 0 amide bonds. The van der Waals surface area contributed by atoms with E-state index in [4.69, 9.17) is 18.9 Å². The standard InChI is InChI=1S/C19H23NO4/c1-13(19-12-23-16-6-4-5-7-17(16)24-19)20-11-14-8-9-15(21-2)10-18(14)22-3/h4-10,13,19-20H,11-12H2,1-3H3/p+1. The summed E-state index contributed by atoms with van der Waals surface area (Å²) in [5, 5.41) is 2.24. The lowest BCUT2D eigenvalue weighted by Crippen LogP contribution is -2.91. The zero-order chi connectivity index (χ0) is 16.9. The van der Waals surface area contributed by atoms with Gasteiger partial charge >= 0.3 is 0 Å². The molecule has 24 heavy (non-hydrogen) atoms. The van der Waals surface area contributed by atoms with E-state index in [2.05, 4.69) is 12.2 Å². The van der Waals surface area contributed by atoms with Gasteiger partial charge in [0, 0.05) is 11.6 Å². The molecule has 128 valence electrons. The van der Waals surface area contributed by atoms with E-state index in [0.717, 1.165) is 35.1 Å². The van der Waals surface area contributed by atoms with Crippen LogP contribution in [0, 0.1) is 0 Å². The highest BCUT2D eigenvalue weighted by Crippen LogP contribution is 2.31. The molecule has 2 atom stereocenters. The van der Waals surface area contributed by atoms with Gasteiger partial charge in [0.2, 0.25) is 0 Å². The summed E-state index contributed by atoms with van der Waals surface area (Å²) in [5.41, 5.74) is 1.13. The first-order chi connectivity index (χ1) is 11.7. The average Bonchev–Trinajstić information content (AvgIpc) is 2.65. The first-order valence-electron chi connectivity index (χ1n) is 8.14. The molecule has 2 aromatic rings. The minimum atomic E-state index is 0.0177. The number of para-hydroxylation sites is 2. The molecule has 2 N–H and O–H groups in total. The van der Waals surface area contributed by atoms with Gasteiger partial charge < -0.3 is 24.3 Å². The van der Waals surface area contributed by atoms with Crippen LogP contribution in [0.15, 0.2) is 42.5 Å². The van der Waals surface area contributed by atoms with Gasteiger partial charge in [0.05, 0.1) is 14.2 Å². The summed E-state index contributed by atoms with van der Waals surface area (Å²) in [4.78, 5) is 0. The second-order valence-electron chi connectivity index (χ2n) is 5.89. The summed E-state index contributed by atoms with van der Waals surface area (Å²) in [6, 6.07) is 13.9. The van der Waals surface area contributed by atoms with Gasteiger partial charge in [-0.2, -0.15) is 0 Å². The second kappa shape index (κ2) is 7.45. The Labute approximate surface area is 142 Å². The van der Waals surface area contributed by atoms with Gasteiger partial charge in [-0.15, -0.1) is 0 Å². The smallest absolute Gasteiger partial charge is 0.184 e. The third kappa shape index (κ3) is 3.57. The summed E-state index contributed by atoms with van der Waals surface area (Å²) in [7, 11) is 3.33. The molecule has 0 aliphatic carbocycles. The van der Waals surface area contributed by atoms with E-state index in [-0.39, 0.29) is 12.1 Å². The number of hydrogen-bond acceptors (Lipinski definition) is 4. The SMILES string of the molecule is COc1ccc(C[NH2+]C(C)C2COc3ccccc3O2)c(OC)c1. The van der Waals surface area contributed by atoms with Crippen molar-refractivity contribution in [2.75, 3.05) is 20.8 Å². The molecule has 2 aromatic carbocycles. The fourth-order valence-electron chi connectivity index (χ4n) is 2.78. The molecule has 1 heterocycles. The fourth-order valence-corrected chi connectivity index (χ4v) is 2.78. The highest BCUT2D eigenvalue weighted by atomic mass is 16.6. The first kappa shape index (κ1) is 16.5. The van der Waals surface area contributed by atoms with Gasteiger partial charge in [-0.25, -0.2) is 0 Å². The van der Waals surface area contributed by atoms with Gasteiger partial charge in [-0.05, 0) is 31.2 Å². The Kier molecular flexibility index (Phi) is 5.11. The third-order valence-corrected chi connectivity index (χ3v) is 4.32. The molecule has 0 bridgehead atoms. The summed E-state index contributed by atoms with van der Waals surface area (Å²) >= 11 is 0. The molecular weight excluding hydrogens is 306 g/mol. The van der Waals surface area contributed by atoms with Crippen LogP contribution in [0.3, 0.4) is 0 Å². The van der Waals surface area contributed by atoms with Gasteiger partial charge in [-0.3, -0.25) is 0 Å². The van der Waals surface area contributed by atoms with E-state index in [9.17, 15) is 0 Å². The van der Waals surface area contributed by atoms with Crippen LogP contribution >= 0.6 is 0 Å². The predicted octanol–water partition coefficient (Wildman–Crippen LogP) is 2.00. The fraction of sp³-hybridized carbons (Fsp3) is 0.368. The number of hydrogen-bond donors (Lipinski definition) is 1. The Morgan fingerprint density at radius 3 is 2.67 bits per heavy atom. The molecule has 0 saturated heterocycles. The molecule has 2 unspecified atom stereocenters. The molecule has 0 fully saturated rings. The Morgan fingerprint density at radius 1 is 1.12 bits per heavy atom. The van der Waals surface area contributed by atoms with Crippen LogP contribution in [0.1, 0.15) is 12.5 Å².